The minimum absolute atomic E-state index is 0.267. The molecule has 1 N–H and O–H groups in total. The van der Waals surface area contributed by atoms with Crippen LogP contribution in [0.1, 0.15) is 28.9 Å². The van der Waals surface area contributed by atoms with Crippen molar-refractivity contribution in [1.29, 1.82) is 0 Å². The van der Waals surface area contributed by atoms with Crippen molar-refractivity contribution in [1.82, 2.24) is 19.9 Å². The summed E-state index contributed by atoms with van der Waals surface area (Å²) >= 11 is 0. The average molecular weight is 433 g/mol. The molecule has 2 aromatic carbocycles. The van der Waals surface area contributed by atoms with Gasteiger partial charge >= 0.3 is 0 Å². The maximum atomic E-state index is 12.8. The van der Waals surface area contributed by atoms with E-state index in [9.17, 15) is 4.79 Å². The molecule has 9 heteroatoms. The van der Waals surface area contributed by atoms with Gasteiger partial charge in [-0.25, -0.2) is 4.68 Å². The van der Waals surface area contributed by atoms with Gasteiger partial charge in [-0.05, 0) is 43.3 Å². The first kappa shape index (κ1) is 21.1. The molecule has 0 bridgehead atoms. The van der Waals surface area contributed by atoms with Crippen molar-refractivity contribution in [3.63, 3.8) is 0 Å². The minimum Gasteiger partial charge on any atom is -0.493 e. The molecular weight excluding hydrogens is 410 g/mol. The number of anilines is 1. The summed E-state index contributed by atoms with van der Waals surface area (Å²) in [6, 6.07) is 12.7. The van der Waals surface area contributed by atoms with E-state index in [1.54, 1.807) is 50.2 Å². The van der Waals surface area contributed by atoms with Gasteiger partial charge in [-0.15, -0.1) is 0 Å². The molecule has 4 rings (SSSR count). The number of aromatic nitrogens is 4. The zero-order valence-corrected chi connectivity index (χ0v) is 18.2. The van der Waals surface area contributed by atoms with E-state index in [0.29, 0.717) is 46.6 Å². The van der Waals surface area contributed by atoms with Crippen LogP contribution in [0.3, 0.4) is 0 Å². The van der Waals surface area contributed by atoms with Crippen LogP contribution < -0.4 is 14.8 Å². The van der Waals surface area contributed by atoms with Crippen molar-refractivity contribution in [2.24, 2.45) is 0 Å². The summed E-state index contributed by atoms with van der Waals surface area (Å²) in [5.41, 5.74) is 3.32. The van der Waals surface area contributed by atoms with Crippen LogP contribution in [0.15, 0.2) is 53.2 Å². The standard InChI is InChI=1S/C23H23N5O4/c1-5-21-25-22(27-32-21)15-6-9-17(10-7-15)28-13-18(14(2)26-28)23(29)24-16-8-11-19(30-3)20(12-16)31-4/h6-13H,5H2,1-4H3,(H,24,29). The molecule has 2 aromatic heterocycles. The minimum atomic E-state index is -0.267. The number of rotatable bonds is 7. The number of nitrogens with one attached hydrogen (secondary N) is 1. The predicted octanol–water partition coefficient (Wildman–Crippen LogP) is 4.06. The molecule has 0 fully saturated rings. The number of amides is 1. The second kappa shape index (κ2) is 8.93. The van der Waals surface area contributed by atoms with E-state index >= 15 is 0 Å². The molecule has 2 heterocycles. The smallest absolute Gasteiger partial charge is 0.259 e. The molecule has 0 aliphatic heterocycles. The van der Waals surface area contributed by atoms with E-state index in [-0.39, 0.29) is 5.91 Å². The van der Waals surface area contributed by atoms with Crippen molar-refractivity contribution < 1.29 is 18.8 Å². The summed E-state index contributed by atoms with van der Waals surface area (Å²) in [7, 11) is 3.11. The lowest BCUT2D eigenvalue weighted by molar-refractivity contribution is 0.102. The molecule has 32 heavy (non-hydrogen) atoms. The Morgan fingerprint density at radius 1 is 1.09 bits per heavy atom. The molecule has 0 aliphatic rings. The number of benzene rings is 2. The van der Waals surface area contributed by atoms with Crippen molar-refractivity contribution >= 4 is 11.6 Å². The lowest BCUT2D eigenvalue weighted by Crippen LogP contribution is -2.12. The highest BCUT2D eigenvalue weighted by Crippen LogP contribution is 2.30. The number of nitrogens with zero attached hydrogens (tertiary/aromatic N) is 4. The highest BCUT2D eigenvalue weighted by Gasteiger charge is 2.16. The van der Waals surface area contributed by atoms with E-state index in [4.69, 9.17) is 14.0 Å². The Balaban J connectivity index is 1.53. The van der Waals surface area contributed by atoms with Crippen molar-refractivity contribution in [2.75, 3.05) is 19.5 Å². The lowest BCUT2D eigenvalue weighted by atomic mass is 10.2. The number of hydrogen-bond donors (Lipinski definition) is 1. The average Bonchev–Trinajstić information content (AvgIpc) is 3.46. The number of carbonyl (C=O) groups is 1. The monoisotopic (exact) mass is 433 g/mol. The van der Waals surface area contributed by atoms with Gasteiger partial charge in [0.1, 0.15) is 0 Å². The van der Waals surface area contributed by atoms with Crippen LogP contribution in [0.4, 0.5) is 5.69 Å². The first-order chi connectivity index (χ1) is 15.5. The van der Waals surface area contributed by atoms with E-state index < -0.39 is 0 Å². The van der Waals surface area contributed by atoms with Crippen LogP contribution in [0.25, 0.3) is 17.1 Å². The summed E-state index contributed by atoms with van der Waals surface area (Å²) < 4.78 is 17.4. The molecule has 164 valence electrons. The second-order valence-electron chi connectivity index (χ2n) is 7.01. The highest BCUT2D eigenvalue weighted by molar-refractivity contribution is 6.05. The van der Waals surface area contributed by atoms with Crippen LogP contribution in [0, 0.1) is 6.92 Å². The largest absolute Gasteiger partial charge is 0.493 e. The van der Waals surface area contributed by atoms with Crippen LogP contribution in [0.5, 0.6) is 11.5 Å². The van der Waals surface area contributed by atoms with Crippen LogP contribution in [-0.2, 0) is 6.42 Å². The van der Waals surface area contributed by atoms with Gasteiger partial charge in [-0.2, -0.15) is 10.1 Å². The Hall–Kier alpha value is -4.14. The fourth-order valence-electron chi connectivity index (χ4n) is 3.21. The fraction of sp³-hybridized carbons (Fsp3) is 0.217. The summed E-state index contributed by atoms with van der Waals surface area (Å²) in [5.74, 6) is 1.99. The zero-order valence-electron chi connectivity index (χ0n) is 18.2. The van der Waals surface area contributed by atoms with Gasteiger partial charge in [0.05, 0.1) is 31.2 Å². The van der Waals surface area contributed by atoms with Gasteiger partial charge in [-0.3, -0.25) is 4.79 Å². The van der Waals surface area contributed by atoms with Crippen LogP contribution in [-0.4, -0.2) is 40.0 Å². The van der Waals surface area contributed by atoms with Gasteiger partial charge in [0, 0.05) is 29.9 Å². The lowest BCUT2D eigenvalue weighted by Gasteiger charge is -2.10. The van der Waals surface area contributed by atoms with Crippen molar-refractivity contribution in [3.8, 4) is 28.6 Å². The third-order valence-electron chi connectivity index (χ3n) is 4.95. The summed E-state index contributed by atoms with van der Waals surface area (Å²) in [6.07, 6.45) is 2.38. The Bertz CT molecular complexity index is 1240. The maximum Gasteiger partial charge on any atom is 0.259 e. The van der Waals surface area contributed by atoms with Gasteiger partial charge in [0.2, 0.25) is 11.7 Å². The van der Waals surface area contributed by atoms with Gasteiger partial charge in [0.15, 0.2) is 11.5 Å². The molecule has 9 nitrogen and oxygen atoms in total. The first-order valence-electron chi connectivity index (χ1n) is 10.1. The van der Waals surface area contributed by atoms with Crippen molar-refractivity contribution in [2.45, 2.75) is 20.3 Å². The van der Waals surface area contributed by atoms with E-state index in [0.717, 1.165) is 11.3 Å². The molecule has 4 aromatic rings. The molecule has 0 spiro atoms. The molecule has 0 aliphatic carbocycles. The Morgan fingerprint density at radius 3 is 2.50 bits per heavy atom. The van der Waals surface area contributed by atoms with Crippen LogP contribution >= 0.6 is 0 Å². The number of ether oxygens (including phenoxy) is 2. The topological polar surface area (TPSA) is 104 Å². The third kappa shape index (κ3) is 4.18. The Morgan fingerprint density at radius 2 is 1.84 bits per heavy atom. The SMILES string of the molecule is CCc1nc(-c2ccc(-n3cc(C(=O)Nc4ccc(OC)c(OC)c4)c(C)n3)cc2)no1. The van der Waals surface area contributed by atoms with Gasteiger partial charge in [0.25, 0.3) is 5.91 Å². The normalized spacial score (nSPS) is 10.8. The Kier molecular flexibility index (Phi) is 5.89. The molecule has 0 unspecified atom stereocenters. The maximum absolute atomic E-state index is 12.8. The Labute approximate surface area is 185 Å². The molecule has 0 saturated carbocycles. The fourth-order valence-corrected chi connectivity index (χ4v) is 3.21. The van der Waals surface area contributed by atoms with E-state index in [2.05, 4.69) is 20.6 Å². The summed E-state index contributed by atoms with van der Waals surface area (Å²) in [6.45, 7) is 3.75. The number of carbonyl (C=O) groups excluding carboxylic acids is 1. The predicted molar refractivity (Wildman–Crippen MR) is 118 cm³/mol. The molecule has 0 radical (unpaired) electrons. The molecule has 1 amide bonds. The zero-order chi connectivity index (χ0) is 22.7. The number of aryl methyl sites for hydroxylation is 2. The van der Waals surface area contributed by atoms with E-state index in [1.165, 1.54) is 0 Å². The van der Waals surface area contributed by atoms with Crippen molar-refractivity contribution in [3.05, 3.63) is 65.8 Å². The molecular formula is C23H23N5O4. The summed E-state index contributed by atoms with van der Waals surface area (Å²) in [4.78, 5) is 17.2. The number of hydrogen-bond acceptors (Lipinski definition) is 7. The van der Waals surface area contributed by atoms with E-state index in [1.807, 2.05) is 31.2 Å². The number of methoxy groups -OCH3 is 2. The third-order valence-corrected chi connectivity index (χ3v) is 4.95. The first-order valence-corrected chi connectivity index (χ1v) is 10.1. The van der Waals surface area contributed by atoms with Gasteiger partial charge in [-0.1, -0.05) is 12.1 Å². The summed E-state index contributed by atoms with van der Waals surface area (Å²) in [5, 5.41) is 11.3. The highest BCUT2D eigenvalue weighted by atomic mass is 16.5. The molecule has 0 atom stereocenters. The molecule has 0 saturated heterocycles. The quantitative estimate of drug-likeness (QED) is 0.469. The second-order valence-corrected chi connectivity index (χ2v) is 7.01. The van der Waals surface area contributed by atoms with Gasteiger partial charge < -0.3 is 19.3 Å². The van der Waals surface area contributed by atoms with Crippen LogP contribution in [0.2, 0.25) is 0 Å².